The highest BCUT2D eigenvalue weighted by Gasteiger charge is 1.98. The van der Waals surface area contributed by atoms with Crippen molar-refractivity contribution in [2.75, 3.05) is 31.5 Å². The Morgan fingerprint density at radius 1 is 1.25 bits per heavy atom. The third kappa shape index (κ3) is 4.99. The smallest absolute Gasteiger partial charge is 0.0351 e. The molecule has 1 aromatic carbocycles. The molecule has 2 nitrogen and oxygen atoms in total. The number of halogens is 1. The van der Waals surface area contributed by atoms with Crippen LogP contribution in [0, 0.1) is 0 Å². The molecule has 0 amide bonds. The first-order valence-corrected chi connectivity index (χ1v) is 6.77. The van der Waals surface area contributed by atoms with E-state index in [9.17, 15) is 0 Å². The summed E-state index contributed by atoms with van der Waals surface area (Å²) in [6.45, 7) is 8.93. The van der Waals surface area contributed by atoms with Crippen LogP contribution in [0.3, 0.4) is 0 Å². The van der Waals surface area contributed by atoms with Crippen molar-refractivity contribution in [1.29, 1.82) is 0 Å². The quantitative estimate of drug-likeness (QED) is 0.770. The molecular formula is C13H21BrN2. The molecule has 0 radical (unpaired) electrons. The van der Waals surface area contributed by atoms with Crippen molar-refractivity contribution in [3.05, 3.63) is 28.7 Å². The Morgan fingerprint density at radius 3 is 2.62 bits per heavy atom. The van der Waals surface area contributed by atoms with Crippen LogP contribution in [0.2, 0.25) is 0 Å². The van der Waals surface area contributed by atoms with Gasteiger partial charge in [0.15, 0.2) is 0 Å². The molecule has 0 bridgehead atoms. The zero-order chi connectivity index (χ0) is 11.8. The van der Waals surface area contributed by atoms with Crippen molar-refractivity contribution in [1.82, 2.24) is 4.90 Å². The van der Waals surface area contributed by atoms with Gasteiger partial charge in [0.1, 0.15) is 0 Å². The summed E-state index contributed by atoms with van der Waals surface area (Å²) in [6, 6.07) is 8.30. The van der Waals surface area contributed by atoms with Gasteiger partial charge in [0, 0.05) is 16.7 Å². The predicted molar refractivity (Wildman–Crippen MR) is 75.0 cm³/mol. The van der Waals surface area contributed by atoms with Crippen LogP contribution in [0.4, 0.5) is 5.69 Å². The van der Waals surface area contributed by atoms with Crippen molar-refractivity contribution in [3.63, 3.8) is 0 Å². The van der Waals surface area contributed by atoms with Crippen molar-refractivity contribution < 1.29 is 0 Å². The van der Waals surface area contributed by atoms with Crippen LogP contribution in [0.5, 0.6) is 0 Å². The summed E-state index contributed by atoms with van der Waals surface area (Å²) in [5, 5.41) is 3.43. The van der Waals surface area contributed by atoms with Gasteiger partial charge in [-0.1, -0.05) is 35.8 Å². The Balaban J connectivity index is 2.20. The number of rotatable bonds is 7. The van der Waals surface area contributed by atoms with Gasteiger partial charge in [0.25, 0.3) is 0 Å². The van der Waals surface area contributed by atoms with Gasteiger partial charge in [-0.3, -0.25) is 0 Å². The number of anilines is 1. The molecule has 1 aromatic rings. The SMILES string of the molecule is CCN(CC)CCCNc1cccc(Br)c1. The maximum atomic E-state index is 3.47. The zero-order valence-corrected chi connectivity index (χ0v) is 11.8. The van der Waals surface area contributed by atoms with Gasteiger partial charge in [-0.15, -0.1) is 0 Å². The Bertz CT molecular complexity index is 298. The Hall–Kier alpha value is -0.540. The molecular weight excluding hydrogens is 264 g/mol. The Labute approximate surface area is 107 Å². The fourth-order valence-corrected chi connectivity index (χ4v) is 2.07. The zero-order valence-electron chi connectivity index (χ0n) is 10.2. The van der Waals surface area contributed by atoms with Crippen molar-refractivity contribution in [2.24, 2.45) is 0 Å². The predicted octanol–water partition coefficient (Wildman–Crippen LogP) is 3.59. The van der Waals surface area contributed by atoms with Crippen LogP contribution < -0.4 is 5.32 Å². The number of nitrogens with one attached hydrogen (secondary N) is 1. The van der Waals surface area contributed by atoms with Crippen LogP contribution >= 0.6 is 15.9 Å². The maximum Gasteiger partial charge on any atom is 0.0351 e. The topological polar surface area (TPSA) is 15.3 Å². The molecule has 0 aliphatic carbocycles. The minimum Gasteiger partial charge on any atom is -0.385 e. The summed E-state index contributed by atoms with van der Waals surface area (Å²) >= 11 is 3.47. The van der Waals surface area contributed by atoms with Gasteiger partial charge in [-0.05, 0) is 44.3 Å². The normalized spacial score (nSPS) is 10.8. The van der Waals surface area contributed by atoms with Crippen LogP contribution in [0.1, 0.15) is 20.3 Å². The van der Waals surface area contributed by atoms with Crippen LogP contribution in [-0.4, -0.2) is 31.1 Å². The van der Waals surface area contributed by atoms with Crippen LogP contribution in [0.15, 0.2) is 28.7 Å². The largest absolute Gasteiger partial charge is 0.385 e. The second-order valence-corrected chi connectivity index (χ2v) is 4.73. The summed E-state index contributed by atoms with van der Waals surface area (Å²) in [7, 11) is 0. The van der Waals surface area contributed by atoms with E-state index >= 15 is 0 Å². The van der Waals surface area contributed by atoms with Gasteiger partial charge >= 0.3 is 0 Å². The first-order valence-electron chi connectivity index (χ1n) is 5.98. The standard InChI is InChI=1S/C13H21BrN2/c1-3-16(4-2)10-6-9-15-13-8-5-7-12(14)11-13/h5,7-8,11,15H,3-4,6,9-10H2,1-2H3. The molecule has 0 aliphatic rings. The molecule has 0 fully saturated rings. The van der Waals surface area contributed by atoms with Gasteiger partial charge in [0.05, 0.1) is 0 Å². The molecule has 0 unspecified atom stereocenters. The average Bonchev–Trinajstić information content (AvgIpc) is 2.29. The summed E-state index contributed by atoms with van der Waals surface area (Å²) in [5.74, 6) is 0. The number of nitrogens with zero attached hydrogens (tertiary/aromatic N) is 1. The highest BCUT2D eigenvalue weighted by atomic mass is 79.9. The molecule has 1 rings (SSSR count). The molecule has 0 heterocycles. The molecule has 0 saturated carbocycles. The van der Waals surface area contributed by atoms with E-state index in [1.165, 1.54) is 18.7 Å². The molecule has 0 spiro atoms. The van der Waals surface area contributed by atoms with Gasteiger partial charge in [-0.25, -0.2) is 0 Å². The van der Waals surface area contributed by atoms with E-state index in [1.54, 1.807) is 0 Å². The summed E-state index contributed by atoms with van der Waals surface area (Å²) < 4.78 is 1.13. The lowest BCUT2D eigenvalue weighted by molar-refractivity contribution is 0.303. The fourth-order valence-electron chi connectivity index (χ4n) is 1.67. The van der Waals surface area contributed by atoms with Crippen molar-refractivity contribution in [2.45, 2.75) is 20.3 Å². The molecule has 1 N–H and O–H groups in total. The second kappa shape index (κ2) is 7.69. The van der Waals surface area contributed by atoms with Gasteiger partial charge < -0.3 is 10.2 Å². The van der Waals surface area contributed by atoms with Gasteiger partial charge in [-0.2, -0.15) is 0 Å². The fraction of sp³-hybridized carbons (Fsp3) is 0.538. The summed E-state index contributed by atoms with van der Waals surface area (Å²) in [4.78, 5) is 2.45. The molecule has 0 saturated heterocycles. The highest BCUT2D eigenvalue weighted by molar-refractivity contribution is 9.10. The van der Waals surface area contributed by atoms with Crippen LogP contribution in [0.25, 0.3) is 0 Å². The first-order chi connectivity index (χ1) is 7.76. The minimum absolute atomic E-state index is 1.03. The first kappa shape index (κ1) is 13.5. The van der Waals surface area contributed by atoms with E-state index in [0.29, 0.717) is 0 Å². The summed E-state index contributed by atoms with van der Waals surface area (Å²) in [5.41, 5.74) is 1.19. The Kier molecular flexibility index (Phi) is 6.50. The monoisotopic (exact) mass is 284 g/mol. The number of hydrogen-bond donors (Lipinski definition) is 1. The molecule has 90 valence electrons. The molecule has 0 atom stereocenters. The molecule has 0 aliphatic heterocycles. The maximum absolute atomic E-state index is 3.47. The Morgan fingerprint density at radius 2 is 2.00 bits per heavy atom. The number of hydrogen-bond acceptors (Lipinski definition) is 2. The van der Waals surface area contributed by atoms with E-state index in [-0.39, 0.29) is 0 Å². The van der Waals surface area contributed by atoms with Crippen LogP contribution in [-0.2, 0) is 0 Å². The van der Waals surface area contributed by atoms with Crippen molar-refractivity contribution >= 4 is 21.6 Å². The highest BCUT2D eigenvalue weighted by Crippen LogP contribution is 2.15. The van der Waals surface area contributed by atoms with E-state index in [1.807, 2.05) is 6.07 Å². The van der Waals surface area contributed by atoms with Crippen molar-refractivity contribution in [3.8, 4) is 0 Å². The lowest BCUT2D eigenvalue weighted by atomic mass is 10.3. The minimum atomic E-state index is 1.03. The van der Waals surface area contributed by atoms with E-state index < -0.39 is 0 Å². The lowest BCUT2D eigenvalue weighted by Crippen LogP contribution is -2.25. The third-order valence-electron chi connectivity index (χ3n) is 2.70. The third-order valence-corrected chi connectivity index (χ3v) is 3.19. The molecule has 3 heteroatoms. The average molecular weight is 285 g/mol. The number of benzene rings is 1. The van der Waals surface area contributed by atoms with E-state index in [4.69, 9.17) is 0 Å². The van der Waals surface area contributed by atoms with E-state index in [2.05, 4.69) is 58.2 Å². The van der Waals surface area contributed by atoms with Gasteiger partial charge in [0.2, 0.25) is 0 Å². The summed E-state index contributed by atoms with van der Waals surface area (Å²) in [6.07, 6.45) is 1.19. The van der Waals surface area contributed by atoms with E-state index in [0.717, 1.165) is 24.1 Å². The second-order valence-electron chi connectivity index (χ2n) is 3.82. The molecule has 0 aromatic heterocycles. The lowest BCUT2D eigenvalue weighted by Gasteiger charge is -2.17. The molecule has 16 heavy (non-hydrogen) atoms.